The van der Waals surface area contributed by atoms with Crippen molar-refractivity contribution in [2.45, 2.75) is 37.8 Å². The number of amides is 2. The van der Waals surface area contributed by atoms with Crippen molar-refractivity contribution >= 4 is 50.7 Å². The highest BCUT2D eigenvalue weighted by molar-refractivity contribution is 7.92. The fraction of sp³-hybridized carbons (Fsp3) is 0.235. The number of methoxy groups -OCH3 is 1. The second kappa shape index (κ2) is 15.3. The Morgan fingerprint density at radius 2 is 1.58 bits per heavy atom. The number of anilines is 1. The van der Waals surface area contributed by atoms with Gasteiger partial charge in [-0.15, -0.1) is 0 Å². The number of nitrogens with one attached hydrogen (secondary N) is 1. The summed E-state index contributed by atoms with van der Waals surface area (Å²) in [7, 11) is -2.84. The number of aryl methyl sites for hydroxylation is 1. The van der Waals surface area contributed by atoms with Gasteiger partial charge >= 0.3 is 0 Å². The highest BCUT2D eigenvalue weighted by atomic mass is 35.5. The molecule has 236 valence electrons. The summed E-state index contributed by atoms with van der Waals surface area (Å²) in [6, 6.07) is 26.2. The molecule has 11 heteroatoms. The maximum Gasteiger partial charge on any atom is 0.264 e. The van der Waals surface area contributed by atoms with Gasteiger partial charge < -0.3 is 15.0 Å². The zero-order chi connectivity index (χ0) is 32.6. The third-order valence-electron chi connectivity index (χ3n) is 7.19. The van der Waals surface area contributed by atoms with Crippen LogP contribution in [0.2, 0.25) is 10.0 Å². The number of halogens is 2. The highest BCUT2D eigenvalue weighted by Crippen LogP contribution is 2.34. The van der Waals surface area contributed by atoms with E-state index in [0.29, 0.717) is 22.2 Å². The highest BCUT2D eigenvalue weighted by Gasteiger charge is 2.35. The van der Waals surface area contributed by atoms with Crippen LogP contribution >= 0.6 is 23.2 Å². The molecule has 2 amide bonds. The van der Waals surface area contributed by atoms with Gasteiger partial charge in [0.25, 0.3) is 10.0 Å². The van der Waals surface area contributed by atoms with Crippen molar-refractivity contribution in [3.05, 3.63) is 124 Å². The van der Waals surface area contributed by atoms with Crippen LogP contribution in [0.25, 0.3) is 0 Å². The number of hydrogen-bond acceptors (Lipinski definition) is 5. The van der Waals surface area contributed by atoms with E-state index in [1.165, 1.54) is 24.1 Å². The van der Waals surface area contributed by atoms with Gasteiger partial charge in [0.2, 0.25) is 11.8 Å². The number of likely N-dealkylation sites (N-methyl/N-ethyl adjacent to an activating group) is 1. The van der Waals surface area contributed by atoms with E-state index in [1.54, 1.807) is 61.5 Å². The average molecular weight is 669 g/mol. The third kappa shape index (κ3) is 8.36. The second-order valence-electron chi connectivity index (χ2n) is 10.4. The van der Waals surface area contributed by atoms with Crippen LogP contribution in [0.3, 0.4) is 0 Å². The molecule has 0 aromatic heterocycles. The third-order valence-corrected chi connectivity index (χ3v) is 9.55. The molecule has 0 aliphatic carbocycles. The van der Waals surface area contributed by atoms with E-state index in [1.807, 2.05) is 37.3 Å². The van der Waals surface area contributed by atoms with Crippen LogP contribution in [0, 0.1) is 6.92 Å². The SMILES string of the molecule is CCNC(=O)[C@H](Cc1ccccc1)N(Cc1ccc(Cl)cc1Cl)C(=O)CN(c1cc(C)ccc1OC)S(=O)(=O)c1ccccc1. The van der Waals surface area contributed by atoms with Crippen molar-refractivity contribution in [1.29, 1.82) is 0 Å². The Bertz CT molecular complexity index is 1740. The summed E-state index contributed by atoms with van der Waals surface area (Å²) in [5, 5.41) is 3.56. The second-order valence-corrected chi connectivity index (χ2v) is 13.1. The Morgan fingerprint density at radius 1 is 0.911 bits per heavy atom. The Morgan fingerprint density at radius 3 is 2.20 bits per heavy atom. The van der Waals surface area contributed by atoms with Gasteiger partial charge in [0.15, 0.2) is 0 Å². The maximum absolute atomic E-state index is 14.5. The van der Waals surface area contributed by atoms with Crippen LogP contribution in [0.15, 0.2) is 102 Å². The Kier molecular flexibility index (Phi) is 11.5. The molecular weight excluding hydrogens is 633 g/mol. The molecule has 0 aliphatic rings. The minimum atomic E-state index is -4.27. The molecule has 0 saturated carbocycles. The first-order valence-electron chi connectivity index (χ1n) is 14.3. The molecular formula is C34H35Cl2N3O5S. The van der Waals surface area contributed by atoms with Crippen LogP contribution < -0.4 is 14.4 Å². The lowest BCUT2D eigenvalue weighted by Crippen LogP contribution is -2.53. The molecule has 0 fully saturated rings. The minimum absolute atomic E-state index is 0.00165. The van der Waals surface area contributed by atoms with E-state index in [0.717, 1.165) is 15.4 Å². The van der Waals surface area contributed by atoms with E-state index in [9.17, 15) is 18.0 Å². The number of ether oxygens (including phenoxy) is 1. The van der Waals surface area contributed by atoms with Crippen LogP contribution in [0.5, 0.6) is 5.75 Å². The van der Waals surface area contributed by atoms with E-state index in [2.05, 4.69) is 5.32 Å². The first kappa shape index (κ1) is 33.8. The first-order valence-corrected chi connectivity index (χ1v) is 16.5. The van der Waals surface area contributed by atoms with Gasteiger partial charge in [-0.1, -0.05) is 83.9 Å². The summed E-state index contributed by atoms with van der Waals surface area (Å²) in [5.74, 6) is -0.730. The van der Waals surface area contributed by atoms with Crippen LogP contribution in [0.1, 0.15) is 23.6 Å². The van der Waals surface area contributed by atoms with Crippen molar-refractivity contribution in [2.24, 2.45) is 0 Å². The molecule has 0 radical (unpaired) electrons. The Labute approximate surface area is 274 Å². The van der Waals surface area contributed by atoms with Crippen molar-refractivity contribution in [2.75, 3.05) is 24.5 Å². The van der Waals surface area contributed by atoms with Crippen molar-refractivity contribution in [3.8, 4) is 5.75 Å². The lowest BCUT2D eigenvalue weighted by molar-refractivity contribution is -0.140. The van der Waals surface area contributed by atoms with E-state index >= 15 is 0 Å². The molecule has 4 aromatic carbocycles. The van der Waals surface area contributed by atoms with Gasteiger partial charge in [-0.25, -0.2) is 8.42 Å². The fourth-order valence-electron chi connectivity index (χ4n) is 4.91. The Hall–Kier alpha value is -4.05. The lowest BCUT2D eigenvalue weighted by atomic mass is 10.0. The zero-order valence-electron chi connectivity index (χ0n) is 25.2. The van der Waals surface area contributed by atoms with Crippen molar-refractivity contribution < 1.29 is 22.7 Å². The van der Waals surface area contributed by atoms with E-state index < -0.39 is 28.5 Å². The van der Waals surface area contributed by atoms with Crippen LogP contribution in [-0.4, -0.2) is 51.4 Å². The monoisotopic (exact) mass is 667 g/mol. The van der Waals surface area contributed by atoms with Gasteiger partial charge in [-0.2, -0.15) is 0 Å². The summed E-state index contributed by atoms with van der Waals surface area (Å²) >= 11 is 12.7. The number of sulfonamides is 1. The predicted octanol–water partition coefficient (Wildman–Crippen LogP) is 6.28. The molecule has 1 atom stereocenters. The van der Waals surface area contributed by atoms with Crippen LogP contribution in [0.4, 0.5) is 5.69 Å². The molecule has 0 unspecified atom stereocenters. The molecule has 0 aliphatic heterocycles. The Balaban J connectivity index is 1.86. The molecule has 45 heavy (non-hydrogen) atoms. The smallest absolute Gasteiger partial charge is 0.264 e. The standard InChI is InChI=1S/C34H35Cl2N3O5S/c1-4-37-34(41)31(20-25-11-7-5-8-12-25)38(22-26-16-17-27(35)21-29(26)36)33(40)23-39(30-19-24(2)15-18-32(30)44-3)45(42,43)28-13-9-6-10-14-28/h5-19,21,31H,4,20,22-23H2,1-3H3,(H,37,41)/t31-/m0/s1. The molecule has 0 spiro atoms. The van der Waals surface area contributed by atoms with Gasteiger partial charge in [0.1, 0.15) is 18.3 Å². The fourth-order valence-corrected chi connectivity index (χ4v) is 6.81. The van der Waals surface area contributed by atoms with E-state index in [4.69, 9.17) is 27.9 Å². The van der Waals surface area contributed by atoms with E-state index in [-0.39, 0.29) is 35.2 Å². The topological polar surface area (TPSA) is 96.0 Å². The van der Waals surface area contributed by atoms with Gasteiger partial charge in [-0.05, 0) is 66.9 Å². The molecule has 8 nitrogen and oxygen atoms in total. The quantitative estimate of drug-likeness (QED) is 0.181. The first-order chi connectivity index (χ1) is 21.5. The molecule has 4 aromatic rings. The molecule has 1 N–H and O–H groups in total. The number of hydrogen-bond donors (Lipinski definition) is 1. The number of benzene rings is 4. The number of nitrogens with zero attached hydrogens (tertiary/aromatic N) is 2. The maximum atomic E-state index is 14.5. The largest absolute Gasteiger partial charge is 0.495 e. The molecule has 4 rings (SSSR count). The van der Waals surface area contributed by atoms with Crippen molar-refractivity contribution in [1.82, 2.24) is 10.2 Å². The van der Waals surface area contributed by atoms with Crippen LogP contribution in [-0.2, 0) is 32.6 Å². The van der Waals surface area contributed by atoms with Gasteiger partial charge in [0, 0.05) is 29.6 Å². The van der Waals surface area contributed by atoms with Gasteiger partial charge in [0.05, 0.1) is 17.7 Å². The summed E-state index contributed by atoms with van der Waals surface area (Å²) < 4.78 is 35.0. The number of carbonyl (C=O) groups excluding carboxylic acids is 2. The number of rotatable bonds is 13. The lowest BCUT2D eigenvalue weighted by Gasteiger charge is -2.34. The zero-order valence-corrected chi connectivity index (χ0v) is 27.6. The minimum Gasteiger partial charge on any atom is -0.495 e. The molecule has 0 heterocycles. The summed E-state index contributed by atoms with van der Waals surface area (Å²) in [6.07, 6.45) is 0.183. The molecule has 0 bridgehead atoms. The van der Waals surface area contributed by atoms with Crippen molar-refractivity contribution in [3.63, 3.8) is 0 Å². The number of carbonyl (C=O) groups is 2. The predicted molar refractivity (Wildman–Crippen MR) is 178 cm³/mol. The summed E-state index contributed by atoms with van der Waals surface area (Å²) in [4.78, 5) is 29.5. The summed E-state index contributed by atoms with van der Waals surface area (Å²) in [5.41, 5.74) is 2.32. The molecule has 0 saturated heterocycles. The normalized spacial score (nSPS) is 11.8. The average Bonchev–Trinajstić information content (AvgIpc) is 3.03. The summed E-state index contributed by atoms with van der Waals surface area (Å²) in [6.45, 7) is 3.25. The van der Waals surface area contributed by atoms with Gasteiger partial charge in [-0.3, -0.25) is 13.9 Å².